The van der Waals surface area contributed by atoms with Crippen LogP contribution < -0.4 is 4.74 Å². The Bertz CT molecular complexity index is 965. The summed E-state index contributed by atoms with van der Waals surface area (Å²) in [4.78, 5) is 10.7. The largest absolute Gasteiger partial charge is 0.507 e. The Morgan fingerprint density at radius 1 is 0.964 bits per heavy atom. The Hall–Kier alpha value is -3.31. The van der Waals surface area contributed by atoms with Crippen molar-refractivity contribution in [2.45, 2.75) is 25.0 Å². The number of aliphatic hydroxyl groups excluding tert-OH is 1. The minimum atomic E-state index is -1.01. The van der Waals surface area contributed by atoms with Crippen molar-refractivity contribution in [1.29, 1.82) is 0 Å². The van der Waals surface area contributed by atoms with E-state index in [2.05, 4.69) is 0 Å². The number of aromatic hydroxyl groups is 1. The highest BCUT2D eigenvalue weighted by molar-refractivity contribution is 5.91. The quantitative estimate of drug-likeness (QED) is 0.504. The number of para-hydroxylation sites is 1. The van der Waals surface area contributed by atoms with E-state index in [0.717, 1.165) is 11.5 Å². The lowest BCUT2D eigenvalue weighted by atomic mass is 9.94. The molecule has 0 heterocycles. The summed E-state index contributed by atoms with van der Waals surface area (Å²) in [6, 6.07) is 19.7. The Kier molecular flexibility index (Phi) is 6.29. The molecule has 5 nitrogen and oxygen atoms in total. The maximum absolute atomic E-state index is 11.1. The molecule has 0 saturated carbocycles. The second-order valence-electron chi connectivity index (χ2n) is 6.45. The maximum atomic E-state index is 11.1. The molecule has 0 aliphatic rings. The number of aliphatic hydroxyl groups is 1. The molecule has 0 aromatic heterocycles. The van der Waals surface area contributed by atoms with Gasteiger partial charge in [0.15, 0.2) is 0 Å². The van der Waals surface area contributed by atoms with Gasteiger partial charge in [-0.1, -0.05) is 54.6 Å². The number of carboxylic acids is 1. The van der Waals surface area contributed by atoms with Crippen LogP contribution in [-0.2, 0) is 4.79 Å². The van der Waals surface area contributed by atoms with Gasteiger partial charge in [-0.15, -0.1) is 0 Å². The maximum Gasteiger partial charge on any atom is 0.327 e. The van der Waals surface area contributed by atoms with Crippen molar-refractivity contribution in [3.8, 4) is 11.5 Å². The summed E-state index contributed by atoms with van der Waals surface area (Å²) in [5, 5.41) is 31.3. The molecule has 3 rings (SSSR count). The van der Waals surface area contributed by atoms with Crippen LogP contribution in [-0.4, -0.2) is 27.4 Å². The number of fused-ring (bicyclic) bond motifs is 1. The molecule has 3 aromatic carbocycles. The van der Waals surface area contributed by atoms with Crippen LogP contribution in [0.3, 0.4) is 0 Å². The van der Waals surface area contributed by atoms with Gasteiger partial charge in [-0.3, -0.25) is 0 Å². The van der Waals surface area contributed by atoms with Gasteiger partial charge in [-0.05, 0) is 42.0 Å². The number of rotatable bonds is 8. The molecule has 5 heteroatoms. The minimum Gasteiger partial charge on any atom is -0.507 e. The van der Waals surface area contributed by atoms with E-state index in [9.17, 15) is 15.0 Å². The predicted molar refractivity (Wildman–Crippen MR) is 107 cm³/mol. The van der Waals surface area contributed by atoms with Gasteiger partial charge in [0.05, 0.1) is 0 Å². The van der Waals surface area contributed by atoms with E-state index >= 15 is 0 Å². The average molecular weight is 378 g/mol. The predicted octanol–water partition coefficient (Wildman–Crippen LogP) is 4.45. The molecule has 0 aliphatic carbocycles. The van der Waals surface area contributed by atoms with Crippen molar-refractivity contribution >= 4 is 16.7 Å². The number of ether oxygens (including phenoxy) is 1. The third-order valence-electron chi connectivity index (χ3n) is 4.51. The van der Waals surface area contributed by atoms with Crippen LogP contribution in [0.2, 0.25) is 0 Å². The number of carbonyl (C=O) groups is 1. The number of hydrogen-bond donors (Lipinski definition) is 3. The molecule has 0 aliphatic heterocycles. The zero-order chi connectivity index (χ0) is 19.9. The van der Waals surface area contributed by atoms with Gasteiger partial charge in [-0.2, -0.15) is 0 Å². The molecule has 2 atom stereocenters. The molecule has 0 saturated heterocycles. The monoisotopic (exact) mass is 378 g/mol. The first-order valence-corrected chi connectivity index (χ1v) is 9.06. The average Bonchev–Trinajstić information content (AvgIpc) is 2.71. The van der Waals surface area contributed by atoms with E-state index in [1.54, 1.807) is 24.3 Å². The number of phenolic OH excluding ortho intramolecular Hbond substituents is 1. The van der Waals surface area contributed by atoms with Crippen LogP contribution in [0.15, 0.2) is 78.9 Å². The van der Waals surface area contributed by atoms with Gasteiger partial charge in [0.25, 0.3) is 0 Å². The van der Waals surface area contributed by atoms with Gasteiger partial charge in [-0.25, -0.2) is 4.79 Å². The fraction of sp³-hybridized carbons (Fsp3) is 0.174. The molecule has 0 amide bonds. The third kappa shape index (κ3) is 4.69. The first-order chi connectivity index (χ1) is 13.6. The van der Waals surface area contributed by atoms with Gasteiger partial charge >= 0.3 is 5.97 Å². The molecular weight excluding hydrogens is 356 g/mol. The van der Waals surface area contributed by atoms with E-state index in [4.69, 9.17) is 9.84 Å². The lowest BCUT2D eigenvalue weighted by Gasteiger charge is -2.25. The normalized spacial score (nSPS) is 13.5. The molecule has 0 spiro atoms. The van der Waals surface area contributed by atoms with Gasteiger partial charge < -0.3 is 20.1 Å². The topological polar surface area (TPSA) is 87.0 Å². The number of carboxylic acid groups (broad SMARTS) is 1. The SMILES string of the molecule is O=C(O)/C=C/CC[C@@H](Oc1ccccc1)[C@H](O)c1ccc(O)c2ccccc12. The summed E-state index contributed by atoms with van der Waals surface area (Å²) in [7, 11) is 0. The number of aliphatic carboxylic acids is 1. The summed E-state index contributed by atoms with van der Waals surface area (Å²) in [6.07, 6.45) is 1.96. The van der Waals surface area contributed by atoms with Crippen LogP contribution in [0.4, 0.5) is 0 Å². The molecule has 3 N–H and O–H groups in total. The molecule has 0 fully saturated rings. The van der Waals surface area contributed by atoms with Crippen LogP contribution >= 0.6 is 0 Å². The van der Waals surface area contributed by atoms with E-state index in [-0.39, 0.29) is 5.75 Å². The van der Waals surface area contributed by atoms with Crippen molar-refractivity contribution < 1.29 is 24.9 Å². The highest BCUT2D eigenvalue weighted by Gasteiger charge is 2.24. The van der Waals surface area contributed by atoms with Crippen LogP contribution in [0, 0.1) is 0 Å². The fourth-order valence-corrected chi connectivity index (χ4v) is 3.16. The Balaban J connectivity index is 1.90. The minimum absolute atomic E-state index is 0.150. The summed E-state index contributed by atoms with van der Waals surface area (Å²) in [5.74, 6) is -0.237. The molecule has 144 valence electrons. The lowest BCUT2D eigenvalue weighted by molar-refractivity contribution is -0.131. The first-order valence-electron chi connectivity index (χ1n) is 9.06. The van der Waals surface area contributed by atoms with E-state index < -0.39 is 18.2 Å². The second kappa shape index (κ2) is 9.06. The van der Waals surface area contributed by atoms with Gasteiger partial charge in [0.1, 0.15) is 23.7 Å². The van der Waals surface area contributed by atoms with Crippen molar-refractivity contribution in [2.24, 2.45) is 0 Å². The van der Waals surface area contributed by atoms with Crippen molar-refractivity contribution in [2.75, 3.05) is 0 Å². The summed E-state index contributed by atoms with van der Waals surface area (Å²) in [5.41, 5.74) is 0.650. The van der Waals surface area contributed by atoms with Gasteiger partial charge in [0.2, 0.25) is 0 Å². The smallest absolute Gasteiger partial charge is 0.327 e. The fourth-order valence-electron chi connectivity index (χ4n) is 3.16. The molecule has 28 heavy (non-hydrogen) atoms. The number of hydrogen-bond acceptors (Lipinski definition) is 4. The summed E-state index contributed by atoms with van der Waals surface area (Å²) >= 11 is 0. The second-order valence-corrected chi connectivity index (χ2v) is 6.45. The summed E-state index contributed by atoms with van der Waals surface area (Å²) in [6.45, 7) is 0. The van der Waals surface area contributed by atoms with Gasteiger partial charge in [0, 0.05) is 11.5 Å². The zero-order valence-corrected chi connectivity index (χ0v) is 15.2. The van der Waals surface area contributed by atoms with Crippen LogP contribution in [0.5, 0.6) is 11.5 Å². The van der Waals surface area contributed by atoms with Crippen LogP contribution in [0.25, 0.3) is 10.8 Å². The van der Waals surface area contributed by atoms with Crippen molar-refractivity contribution in [1.82, 2.24) is 0 Å². The van der Waals surface area contributed by atoms with E-state index in [1.807, 2.05) is 48.5 Å². The van der Waals surface area contributed by atoms with E-state index in [0.29, 0.717) is 29.5 Å². The van der Waals surface area contributed by atoms with Crippen molar-refractivity contribution in [3.05, 3.63) is 84.4 Å². The third-order valence-corrected chi connectivity index (χ3v) is 4.51. The van der Waals surface area contributed by atoms with E-state index in [1.165, 1.54) is 0 Å². The number of allylic oxidation sites excluding steroid dienone is 1. The Labute approximate surface area is 163 Å². The molecule has 0 bridgehead atoms. The highest BCUT2D eigenvalue weighted by atomic mass is 16.5. The lowest BCUT2D eigenvalue weighted by Crippen LogP contribution is -2.25. The highest BCUT2D eigenvalue weighted by Crippen LogP contribution is 2.34. The Morgan fingerprint density at radius 2 is 1.64 bits per heavy atom. The first kappa shape index (κ1) is 19.5. The number of benzene rings is 3. The molecular formula is C23H22O5. The zero-order valence-electron chi connectivity index (χ0n) is 15.2. The summed E-state index contributed by atoms with van der Waals surface area (Å²) < 4.78 is 6.02. The van der Waals surface area contributed by atoms with Crippen LogP contribution in [0.1, 0.15) is 24.5 Å². The molecule has 3 aromatic rings. The Morgan fingerprint density at radius 3 is 2.36 bits per heavy atom. The molecule has 0 unspecified atom stereocenters. The standard InChI is InChI=1S/C23H22O5/c24-20-15-14-19(17-10-4-5-11-18(17)20)23(27)21(12-6-7-13-22(25)26)28-16-8-2-1-3-9-16/h1-5,7-11,13-15,21,23-24,27H,6,12H2,(H,25,26)/b13-7+/t21-,23-/m1/s1. The molecule has 0 radical (unpaired) electrons. The van der Waals surface area contributed by atoms with Crippen molar-refractivity contribution in [3.63, 3.8) is 0 Å². The number of phenols is 1.